The SMILES string of the molecule is C=CC([O-])=Nc1cc(Cl)ccc1N(C)c1ncc2cc(-c3c(Cl)c(OC)cc(OC)c3Cl)c3nccn3c2n1. The first kappa shape index (κ1) is 26.6. The molecule has 12 heteroatoms. The number of hydrogen-bond acceptors (Lipinski definition) is 8. The van der Waals surface area contributed by atoms with E-state index in [1.165, 1.54) is 14.2 Å². The number of imidazole rings is 1. The van der Waals surface area contributed by atoms with E-state index < -0.39 is 5.90 Å². The lowest BCUT2D eigenvalue weighted by Crippen LogP contribution is -2.15. The molecule has 198 valence electrons. The van der Waals surface area contributed by atoms with Crippen molar-refractivity contribution in [2.24, 2.45) is 4.99 Å². The Hall–Kier alpha value is -4.05. The number of pyridine rings is 1. The molecular formula is C27H20Cl3N6O3-. The molecule has 5 aromatic rings. The number of hydrogen-bond donors (Lipinski definition) is 0. The number of halogens is 3. The van der Waals surface area contributed by atoms with Crippen LogP contribution in [0.4, 0.5) is 17.3 Å². The quantitative estimate of drug-likeness (QED) is 0.165. The molecule has 39 heavy (non-hydrogen) atoms. The zero-order valence-corrected chi connectivity index (χ0v) is 23.2. The number of aromatic nitrogens is 4. The average Bonchev–Trinajstić information content (AvgIpc) is 3.43. The summed E-state index contributed by atoms with van der Waals surface area (Å²) in [6.45, 7) is 3.48. The Balaban J connectivity index is 1.70. The minimum absolute atomic E-state index is 0.318. The van der Waals surface area contributed by atoms with Crippen LogP contribution >= 0.6 is 34.8 Å². The van der Waals surface area contributed by atoms with Crippen molar-refractivity contribution in [1.82, 2.24) is 19.4 Å². The molecule has 0 atom stereocenters. The zero-order valence-electron chi connectivity index (χ0n) is 20.9. The van der Waals surface area contributed by atoms with Crippen LogP contribution in [-0.4, -0.2) is 46.5 Å². The number of anilines is 2. The van der Waals surface area contributed by atoms with Crippen molar-refractivity contribution in [2.45, 2.75) is 0 Å². The molecule has 0 unspecified atom stereocenters. The third-order valence-corrected chi connectivity index (χ3v) is 7.03. The van der Waals surface area contributed by atoms with Crippen LogP contribution in [0.3, 0.4) is 0 Å². The number of methoxy groups -OCH3 is 2. The second-order valence-electron chi connectivity index (χ2n) is 8.26. The zero-order chi connectivity index (χ0) is 27.8. The van der Waals surface area contributed by atoms with Crippen LogP contribution in [0, 0.1) is 0 Å². The van der Waals surface area contributed by atoms with Crippen LogP contribution in [-0.2, 0) is 0 Å². The van der Waals surface area contributed by atoms with Crippen LogP contribution in [0.15, 0.2) is 66.6 Å². The largest absolute Gasteiger partial charge is 0.859 e. The molecule has 0 saturated heterocycles. The summed E-state index contributed by atoms with van der Waals surface area (Å²) in [7, 11) is 4.80. The number of aliphatic imine (C=N–C) groups is 1. The molecule has 9 nitrogen and oxygen atoms in total. The first-order chi connectivity index (χ1) is 18.8. The first-order valence-electron chi connectivity index (χ1n) is 11.4. The minimum atomic E-state index is -0.495. The van der Waals surface area contributed by atoms with Gasteiger partial charge in [-0.2, -0.15) is 4.98 Å². The highest BCUT2D eigenvalue weighted by Gasteiger charge is 2.23. The van der Waals surface area contributed by atoms with Gasteiger partial charge in [-0.25, -0.2) is 9.97 Å². The standard InChI is InChI=1S/C27H21Cl3N6O3/c1-5-21(37)33-17-11-15(28)6-7-18(17)35(2)27-32-13-14-10-16(26-31-8-9-36(26)25(14)34-27)22-23(29)19(38-3)12-20(39-4)24(22)30/h5-13H,1H2,2-4H3,(H,33,37)/p-1. The minimum Gasteiger partial charge on any atom is -0.859 e. The molecule has 0 aliphatic rings. The molecule has 0 aliphatic carbocycles. The van der Waals surface area contributed by atoms with Gasteiger partial charge < -0.3 is 19.5 Å². The smallest absolute Gasteiger partial charge is 0.231 e. The van der Waals surface area contributed by atoms with Crippen molar-refractivity contribution in [3.8, 4) is 22.6 Å². The molecule has 3 heterocycles. The number of rotatable bonds is 7. The van der Waals surface area contributed by atoms with Gasteiger partial charge in [-0.05, 0) is 30.2 Å². The summed E-state index contributed by atoms with van der Waals surface area (Å²) in [6, 6.07) is 8.51. The van der Waals surface area contributed by atoms with Gasteiger partial charge in [0.15, 0.2) is 5.65 Å². The van der Waals surface area contributed by atoms with Gasteiger partial charge >= 0.3 is 0 Å². The Morgan fingerprint density at radius 3 is 2.44 bits per heavy atom. The Morgan fingerprint density at radius 1 is 1.05 bits per heavy atom. The lowest BCUT2D eigenvalue weighted by atomic mass is 10.0. The molecule has 5 rings (SSSR count). The Labute approximate surface area is 238 Å². The fourth-order valence-corrected chi connectivity index (χ4v) is 5.04. The maximum atomic E-state index is 12.0. The molecular weight excluding hydrogens is 563 g/mol. The van der Waals surface area contributed by atoms with E-state index in [4.69, 9.17) is 49.3 Å². The van der Waals surface area contributed by atoms with Gasteiger partial charge in [-0.15, -0.1) is 0 Å². The Morgan fingerprint density at radius 2 is 1.77 bits per heavy atom. The van der Waals surface area contributed by atoms with E-state index in [1.54, 1.807) is 54.8 Å². The summed E-state index contributed by atoms with van der Waals surface area (Å²) in [5, 5.41) is 13.7. The molecule has 0 bridgehead atoms. The van der Waals surface area contributed by atoms with Crippen LogP contribution in [0.1, 0.15) is 0 Å². The maximum absolute atomic E-state index is 12.0. The van der Waals surface area contributed by atoms with Crippen molar-refractivity contribution in [3.63, 3.8) is 0 Å². The number of ether oxygens (including phenoxy) is 2. The van der Waals surface area contributed by atoms with Gasteiger partial charge in [-0.1, -0.05) is 47.5 Å². The highest BCUT2D eigenvalue weighted by molar-refractivity contribution is 6.41. The fraction of sp³-hybridized carbons (Fsp3) is 0.111. The summed E-state index contributed by atoms with van der Waals surface area (Å²) in [5.74, 6) is 0.676. The van der Waals surface area contributed by atoms with Gasteiger partial charge in [0.2, 0.25) is 5.95 Å². The van der Waals surface area contributed by atoms with E-state index in [0.717, 1.165) is 6.08 Å². The van der Waals surface area contributed by atoms with E-state index in [1.807, 2.05) is 10.5 Å². The van der Waals surface area contributed by atoms with Crippen molar-refractivity contribution < 1.29 is 14.6 Å². The van der Waals surface area contributed by atoms with Crippen molar-refractivity contribution >= 4 is 74.7 Å². The van der Waals surface area contributed by atoms with E-state index in [0.29, 0.717) is 71.7 Å². The van der Waals surface area contributed by atoms with Gasteiger partial charge in [0, 0.05) is 53.2 Å². The molecule has 0 spiro atoms. The summed E-state index contributed by atoms with van der Waals surface area (Å²) < 4.78 is 12.7. The first-order valence-corrected chi connectivity index (χ1v) is 12.5. The predicted molar refractivity (Wildman–Crippen MR) is 154 cm³/mol. The Kier molecular flexibility index (Phi) is 7.22. The summed E-state index contributed by atoms with van der Waals surface area (Å²) in [5.41, 5.74) is 3.24. The molecule has 2 aromatic carbocycles. The van der Waals surface area contributed by atoms with Crippen LogP contribution in [0.25, 0.3) is 27.8 Å². The number of benzene rings is 2. The van der Waals surface area contributed by atoms with Gasteiger partial charge in [0.05, 0.1) is 35.6 Å². The average molecular weight is 583 g/mol. The normalized spacial score (nSPS) is 11.7. The molecule has 0 aliphatic heterocycles. The second-order valence-corrected chi connectivity index (χ2v) is 9.45. The topological polar surface area (TPSA) is 100 Å². The van der Waals surface area contributed by atoms with Crippen LogP contribution < -0.4 is 19.5 Å². The van der Waals surface area contributed by atoms with Crippen molar-refractivity contribution in [3.05, 3.63) is 76.6 Å². The van der Waals surface area contributed by atoms with Crippen molar-refractivity contribution in [2.75, 3.05) is 26.2 Å². The third-order valence-electron chi connectivity index (χ3n) is 6.04. The van der Waals surface area contributed by atoms with Crippen molar-refractivity contribution in [1.29, 1.82) is 0 Å². The lowest BCUT2D eigenvalue weighted by Gasteiger charge is -2.21. The highest BCUT2D eigenvalue weighted by Crippen LogP contribution is 2.47. The third kappa shape index (κ3) is 4.69. The summed E-state index contributed by atoms with van der Waals surface area (Å²) in [4.78, 5) is 19.7. The van der Waals surface area contributed by atoms with E-state index in [9.17, 15) is 5.11 Å². The van der Waals surface area contributed by atoms with Gasteiger partial charge in [0.25, 0.3) is 0 Å². The van der Waals surface area contributed by atoms with Gasteiger partial charge in [-0.3, -0.25) is 9.39 Å². The van der Waals surface area contributed by atoms with Gasteiger partial charge in [0.1, 0.15) is 17.1 Å². The number of nitrogens with zero attached hydrogens (tertiary/aromatic N) is 6. The maximum Gasteiger partial charge on any atom is 0.231 e. The Bertz CT molecular complexity index is 1760. The highest BCUT2D eigenvalue weighted by atomic mass is 35.5. The van der Waals surface area contributed by atoms with Crippen LogP contribution in [0.2, 0.25) is 15.1 Å². The molecule has 0 radical (unpaired) electrons. The van der Waals surface area contributed by atoms with E-state index >= 15 is 0 Å². The van der Waals surface area contributed by atoms with E-state index in [-0.39, 0.29) is 0 Å². The molecule has 0 saturated carbocycles. The molecule has 3 aromatic heterocycles. The molecule has 0 fully saturated rings. The lowest BCUT2D eigenvalue weighted by molar-refractivity contribution is -0.211. The monoisotopic (exact) mass is 581 g/mol. The number of fused-ring (bicyclic) bond motifs is 3. The molecule has 0 amide bonds. The molecule has 0 N–H and O–H groups in total. The summed E-state index contributed by atoms with van der Waals surface area (Å²) >= 11 is 19.6. The summed E-state index contributed by atoms with van der Waals surface area (Å²) in [6.07, 6.45) is 6.24. The van der Waals surface area contributed by atoms with Crippen LogP contribution in [0.5, 0.6) is 11.5 Å². The fourth-order valence-electron chi connectivity index (χ4n) is 4.17. The van der Waals surface area contributed by atoms with E-state index in [2.05, 4.69) is 21.5 Å². The predicted octanol–water partition coefficient (Wildman–Crippen LogP) is 6.27. The second kappa shape index (κ2) is 10.6.